The van der Waals surface area contributed by atoms with Gasteiger partial charge in [-0.25, -0.2) is 21.2 Å². The molecule has 0 spiro atoms. The van der Waals surface area contributed by atoms with Crippen LogP contribution in [0, 0.1) is 12.7 Å². The zero-order valence-corrected chi connectivity index (χ0v) is 17.2. The molecule has 1 aliphatic rings. The van der Waals surface area contributed by atoms with E-state index in [-0.39, 0.29) is 41.9 Å². The Kier molecular flexibility index (Phi) is 5.97. The summed E-state index contributed by atoms with van der Waals surface area (Å²) in [6.45, 7) is 2.57. The number of hydrogen-bond acceptors (Lipinski definition) is 5. The fourth-order valence-electron chi connectivity index (χ4n) is 2.70. The topological polar surface area (TPSA) is 92.8 Å². The third kappa shape index (κ3) is 4.31. The molecule has 1 saturated heterocycles. The van der Waals surface area contributed by atoms with Gasteiger partial charge in [0.1, 0.15) is 10.7 Å². The normalized spacial score (nSPS) is 16.1. The van der Waals surface area contributed by atoms with Gasteiger partial charge in [0.25, 0.3) is 10.0 Å². The Morgan fingerprint density at radius 2 is 1.75 bits per heavy atom. The molecule has 3 rings (SSSR count). The van der Waals surface area contributed by atoms with E-state index < -0.39 is 30.8 Å². The van der Waals surface area contributed by atoms with Gasteiger partial charge < -0.3 is 4.74 Å². The summed E-state index contributed by atoms with van der Waals surface area (Å²) in [7, 11) is -8.16. The maximum atomic E-state index is 14.0. The number of anilines is 1. The molecule has 1 aliphatic heterocycles. The van der Waals surface area contributed by atoms with Gasteiger partial charge in [0.05, 0.1) is 28.8 Å². The summed E-state index contributed by atoms with van der Waals surface area (Å²) in [5, 5.41) is -0.0161. The molecular weight excluding hydrogens is 431 g/mol. The van der Waals surface area contributed by atoms with Crippen LogP contribution in [0.5, 0.6) is 0 Å². The first-order chi connectivity index (χ1) is 13.1. The Balaban J connectivity index is 1.97. The molecule has 0 aromatic heterocycles. The summed E-state index contributed by atoms with van der Waals surface area (Å²) >= 11 is 6.05. The second-order valence-corrected chi connectivity index (χ2v) is 10.2. The predicted octanol–water partition coefficient (Wildman–Crippen LogP) is 2.61. The van der Waals surface area contributed by atoms with Gasteiger partial charge in [-0.15, -0.1) is 0 Å². The van der Waals surface area contributed by atoms with Crippen molar-refractivity contribution in [3.63, 3.8) is 0 Å². The van der Waals surface area contributed by atoms with Crippen molar-refractivity contribution in [1.29, 1.82) is 0 Å². The first-order valence-corrected chi connectivity index (χ1v) is 11.6. The van der Waals surface area contributed by atoms with Crippen LogP contribution in [0.15, 0.2) is 46.2 Å². The van der Waals surface area contributed by atoms with Gasteiger partial charge in [0.2, 0.25) is 10.0 Å². The van der Waals surface area contributed by atoms with E-state index in [9.17, 15) is 21.2 Å². The van der Waals surface area contributed by atoms with Crippen molar-refractivity contribution < 1.29 is 26.0 Å². The number of hydrogen-bond donors (Lipinski definition) is 1. The van der Waals surface area contributed by atoms with E-state index in [1.54, 1.807) is 6.92 Å². The number of aryl methyl sites for hydroxylation is 1. The molecular formula is C17H18ClFN2O5S2. The van der Waals surface area contributed by atoms with E-state index in [1.165, 1.54) is 28.6 Å². The molecule has 0 atom stereocenters. The minimum Gasteiger partial charge on any atom is -0.379 e. The van der Waals surface area contributed by atoms with Crippen molar-refractivity contribution in [3.05, 3.63) is 52.8 Å². The number of ether oxygens (including phenoxy) is 1. The SMILES string of the molecule is Cc1ccc(F)c(S(=O)(=O)Nc2cc(S(=O)(=O)N3CCOCC3)ccc2Cl)c1. The van der Waals surface area contributed by atoms with E-state index in [0.29, 0.717) is 5.56 Å². The summed E-state index contributed by atoms with van der Waals surface area (Å²) in [6.07, 6.45) is 0. The first kappa shape index (κ1) is 21.0. The lowest BCUT2D eigenvalue weighted by atomic mass is 10.2. The summed E-state index contributed by atoms with van der Waals surface area (Å²) in [5.74, 6) is -0.925. The Labute approximate surface area is 168 Å². The van der Waals surface area contributed by atoms with Gasteiger partial charge in [-0.3, -0.25) is 4.72 Å². The Morgan fingerprint density at radius 1 is 1.07 bits per heavy atom. The zero-order valence-electron chi connectivity index (χ0n) is 14.9. The van der Waals surface area contributed by atoms with Gasteiger partial charge in [-0.05, 0) is 42.8 Å². The Bertz CT molecular complexity index is 1100. The van der Waals surface area contributed by atoms with E-state index in [1.807, 2.05) is 0 Å². The van der Waals surface area contributed by atoms with Crippen LogP contribution in [-0.2, 0) is 24.8 Å². The summed E-state index contributed by atoms with van der Waals surface area (Å²) < 4.78 is 73.4. The van der Waals surface area contributed by atoms with Crippen molar-refractivity contribution in [2.24, 2.45) is 0 Å². The average Bonchev–Trinajstić information content (AvgIpc) is 2.66. The molecule has 11 heteroatoms. The van der Waals surface area contributed by atoms with Gasteiger partial charge in [-0.1, -0.05) is 17.7 Å². The minimum atomic E-state index is -4.31. The van der Waals surface area contributed by atoms with Crippen LogP contribution in [0.2, 0.25) is 5.02 Å². The van der Waals surface area contributed by atoms with E-state index in [2.05, 4.69) is 4.72 Å². The Morgan fingerprint density at radius 3 is 2.43 bits per heavy atom. The van der Waals surface area contributed by atoms with Gasteiger partial charge in [0.15, 0.2) is 0 Å². The van der Waals surface area contributed by atoms with Crippen LogP contribution in [0.4, 0.5) is 10.1 Å². The monoisotopic (exact) mass is 448 g/mol. The van der Waals surface area contributed by atoms with Gasteiger partial charge >= 0.3 is 0 Å². The molecule has 1 fully saturated rings. The minimum absolute atomic E-state index is 0.0161. The molecule has 0 radical (unpaired) electrons. The van der Waals surface area contributed by atoms with Crippen LogP contribution in [-0.4, -0.2) is 47.4 Å². The number of benzene rings is 2. The van der Waals surface area contributed by atoms with Crippen molar-refractivity contribution in [2.75, 3.05) is 31.0 Å². The summed E-state index contributed by atoms with van der Waals surface area (Å²) in [6, 6.07) is 7.36. The highest BCUT2D eigenvalue weighted by Gasteiger charge is 2.28. The largest absolute Gasteiger partial charge is 0.379 e. The molecule has 1 heterocycles. The lowest BCUT2D eigenvalue weighted by Crippen LogP contribution is -2.40. The highest BCUT2D eigenvalue weighted by atomic mass is 35.5. The predicted molar refractivity (Wildman–Crippen MR) is 103 cm³/mol. The number of nitrogens with zero attached hydrogens (tertiary/aromatic N) is 1. The molecule has 1 N–H and O–H groups in total. The molecule has 0 aliphatic carbocycles. The molecule has 28 heavy (non-hydrogen) atoms. The van der Waals surface area contributed by atoms with Crippen LogP contribution in [0.3, 0.4) is 0 Å². The molecule has 7 nitrogen and oxygen atoms in total. The van der Waals surface area contributed by atoms with E-state index >= 15 is 0 Å². The van der Waals surface area contributed by atoms with Crippen molar-refractivity contribution in [1.82, 2.24) is 4.31 Å². The molecule has 0 bridgehead atoms. The second kappa shape index (κ2) is 7.96. The van der Waals surface area contributed by atoms with Crippen LogP contribution < -0.4 is 4.72 Å². The number of halogens is 2. The molecule has 0 saturated carbocycles. The standard InChI is InChI=1S/C17H18ClFN2O5S2/c1-12-2-5-15(19)17(10-12)27(22,23)20-16-11-13(3-4-14(16)18)28(24,25)21-6-8-26-9-7-21/h2-5,10-11,20H,6-9H2,1H3. The molecule has 0 amide bonds. The fourth-order valence-corrected chi connectivity index (χ4v) is 5.59. The fraction of sp³-hybridized carbons (Fsp3) is 0.294. The van der Waals surface area contributed by atoms with E-state index in [4.69, 9.17) is 16.3 Å². The molecule has 2 aromatic rings. The number of nitrogens with one attached hydrogen (secondary N) is 1. The maximum Gasteiger partial charge on any atom is 0.264 e. The smallest absolute Gasteiger partial charge is 0.264 e. The highest BCUT2D eigenvalue weighted by molar-refractivity contribution is 7.92. The van der Waals surface area contributed by atoms with Crippen molar-refractivity contribution >= 4 is 37.3 Å². The third-order valence-electron chi connectivity index (χ3n) is 4.17. The third-order valence-corrected chi connectivity index (χ3v) is 7.77. The summed E-state index contributed by atoms with van der Waals surface area (Å²) in [5.41, 5.74) is 0.397. The van der Waals surface area contributed by atoms with E-state index in [0.717, 1.165) is 12.1 Å². The molecule has 152 valence electrons. The van der Waals surface area contributed by atoms with Crippen LogP contribution in [0.1, 0.15) is 5.56 Å². The first-order valence-electron chi connectivity index (χ1n) is 8.28. The quantitative estimate of drug-likeness (QED) is 0.759. The van der Waals surface area contributed by atoms with Crippen molar-refractivity contribution in [3.8, 4) is 0 Å². The number of morpholine rings is 1. The Hall–Kier alpha value is -1.72. The molecule has 2 aromatic carbocycles. The second-order valence-electron chi connectivity index (χ2n) is 6.20. The highest BCUT2D eigenvalue weighted by Crippen LogP contribution is 2.30. The van der Waals surface area contributed by atoms with Crippen LogP contribution >= 0.6 is 11.6 Å². The van der Waals surface area contributed by atoms with Crippen LogP contribution in [0.25, 0.3) is 0 Å². The maximum absolute atomic E-state index is 14.0. The number of sulfonamides is 2. The average molecular weight is 449 g/mol. The lowest BCUT2D eigenvalue weighted by molar-refractivity contribution is 0.0730. The van der Waals surface area contributed by atoms with Gasteiger partial charge in [-0.2, -0.15) is 4.31 Å². The number of rotatable bonds is 5. The van der Waals surface area contributed by atoms with Crippen molar-refractivity contribution in [2.45, 2.75) is 16.7 Å². The van der Waals surface area contributed by atoms with Gasteiger partial charge in [0, 0.05) is 13.1 Å². The molecule has 0 unspecified atom stereocenters. The summed E-state index contributed by atoms with van der Waals surface area (Å²) in [4.78, 5) is -0.675. The lowest BCUT2D eigenvalue weighted by Gasteiger charge is -2.26. The zero-order chi connectivity index (χ0) is 20.5.